The predicted molar refractivity (Wildman–Crippen MR) is 327 cm³/mol. The number of halogens is 2. The lowest BCUT2D eigenvalue weighted by Crippen LogP contribution is -2.46. The second-order valence-electron chi connectivity index (χ2n) is 21.4. The number of carbonyl (C=O) groups excluding carboxylic acids is 5. The lowest BCUT2D eigenvalue weighted by molar-refractivity contribution is -0.148. The van der Waals surface area contributed by atoms with Crippen LogP contribution in [0.5, 0.6) is 0 Å². The van der Waals surface area contributed by atoms with E-state index < -0.39 is 63.3 Å². The molecule has 0 bridgehead atoms. The van der Waals surface area contributed by atoms with Crippen molar-refractivity contribution in [2.45, 2.75) is 121 Å². The highest BCUT2D eigenvalue weighted by atomic mass is 79.9. The quantitative estimate of drug-likeness (QED) is 0.0546. The van der Waals surface area contributed by atoms with Crippen LogP contribution in [0.2, 0.25) is 0 Å². The van der Waals surface area contributed by atoms with Gasteiger partial charge in [0.15, 0.2) is 0 Å². The van der Waals surface area contributed by atoms with Gasteiger partial charge in [-0.1, -0.05) is 83.1 Å². The molecule has 0 unspecified atom stereocenters. The predicted octanol–water partition coefficient (Wildman–Crippen LogP) is 2.24. The van der Waals surface area contributed by atoms with Crippen molar-refractivity contribution in [1.82, 2.24) is 26.2 Å². The number of carbonyl (C=O) groups is 6. The first-order valence-electron chi connectivity index (χ1n) is 28.0. The monoisotopic (exact) mass is 1260 g/mol. The number of rotatable bonds is 17. The summed E-state index contributed by atoms with van der Waals surface area (Å²) in [5.74, 6) is -3.63. The average Bonchev–Trinajstić information content (AvgIpc) is 2.38. The number of hydrogen-bond acceptors (Lipinski definition) is 18. The second kappa shape index (κ2) is 36.3. The highest BCUT2D eigenvalue weighted by Crippen LogP contribution is 2.20. The fourth-order valence-corrected chi connectivity index (χ4v) is 9.87. The van der Waals surface area contributed by atoms with Gasteiger partial charge in [-0.25, -0.2) is 14.4 Å². The van der Waals surface area contributed by atoms with Crippen LogP contribution in [0.25, 0.3) is 0 Å². The van der Waals surface area contributed by atoms with Crippen molar-refractivity contribution in [2.24, 2.45) is 17.8 Å². The molecule has 22 nitrogen and oxygen atoms in total. The number of carboxylic acid groups (broad SMARTS) is 1. The van der Waals surface area contributed by atoms with E-state index >= 15 is 0 Å². The van der Waals surface area contributed by atoms with Crippen molar-refractivity contribution in [3.63, 3.8) is 0 Å². The molecule has 464 valence electrons. The van der Waals surface area contributed by atoms with E-state index in [-0.39, 0.29) is 62.6 Å². The number of nitrogens with zero attached hydrogens (tertiary/aromatic N) is 1. The summed E-state index contributed by atoms with van der Waals surface area (Å²) in [6.07, 6.45) is 2.14. The van der Waals surface area contributed by atoms with Crippen LogP contribution >= 0.6 is 28.3 Å². The molecule has 0 spiro atoms. The largest absolute Gasteiger partial charge is 0.492 e. The van der Waals surface area contributed by atoms with E-state index in [1.54, 1.807) is 71.0 Å². The number of fused-ring (bicyclic) bond motifs is 3. The van der Waals surface area contributed by atoms with Gasteiger partial charge in [-0.05, 0) is 126 Å². The fraction of sp³-hybridized carbons (Fsp3) is 0.579. The van der Waals surface area contributed by atoms with E-state index in [4.69, 9.17) is 38.0 Å². The summed E-state index contributed by atoms with van der Waals surface area (Å²) in [5.41, 5.74) is 7.56. The van der Waals surface area contributed by atoms with E-state index in [0.717, 1.165) is 69.1 Å². The Morgan fingerprint density at radius 2 is 0.976 bits per heavy atom. The van der Waals surface area contributed by atoms with E-state index in [0.29, 0.717) is 88.1 Å². The van der Waals surface area contributed by atoms with Crippen molar-refractivity contribution in [3.05, 3.63) is 86.5 Å². The lowest BCUT2D eigenvalue weighted by Gasteiger charge is -2.23. The number of carboxylic acids is 1. The molecule has 0 aliphatic carbocycles. The van der Waals surface area contributed by atoms with Crippen LogP contribution < -0.4 is 37.7 Å². The molecule has 3 amide bonds. The van der Waals surface area contributed by atoms with Gasteiger partial charge in [-0.2, -0.15) is 0 Å². The van der Waals surface area contributed by atoms with Crippen LogP contribution in [0.1, 0.15) is 126 Å². The molecule has 84 heavy (non-hydrogen) atoms. The fourth-order valence-electron chi connectivity index (χ4n) is 9.71. The molecule has 3 atom stereocenters. The van der Waals surface area contributed by atoms with Crippen molar-refractivity contribution < 1.29 is 81.9 Å². The van der Waals surface area contributed by atoms with E-state index in [2.05, 4.69) is 42.1 Å². The smallest absolute Gasteiger partial charge is 0.480 e. The van der Waals surface area contributed by atoms with Gasteiger partial charge in [-0.15, -0.1) is 12.4 Å². The molecule has 8 N–H and O–H groups in total. The molecule has 3 aromatic carbocycles. The van der Waals surface area contributed by atoms with Crippen LogP contribution in [-0.2, 0) is 67.1 Å². The summed E-state index contributed by atoms with van der Waals surface area (Å²) in [4.78, 5) is 75.9. The van der Waals surface area contributed by atoms with Crippen LogP contribution in [0.15, 0.2) is 36.4 Å². The maximum absolute atomic E-state index is 12.9. The first-order valence-corrected chi connectivity index (χ1v) is 29.1. The summed E-state index contributed by atoms with van der Waals surface area (Å²) in [7, 11) is -3.08. The number of benzene rings is 3. The van der Waals surface area contributed by atoms with Gasteiger partial charge in [-0.3, -0.25) is 19.3 Å². The summed E-state index contributed by atoms with van der Waals surface area (Å²) >= 11 is 3.20. The first kappa shape index (κ1) is 73.3. The molecule has 8 rings (SSSR count). The van der Waals surface area contributed by atoms with Crippen molar-refractivity contribution >= 4 is 102 Å². The molecule has 3 aromatic rings. The molecule has 0 aromatic heterocycles. The van der Waals surface area contributed by atoms with Gasteiger partial charge >= 0.3 is 39.3 Å². The highest BCUT2D eigenvalue weighted by molar-refractivity contribution is 9.09. The summed E-state index contributed by atoms with van der Waals surface area (Å²) in [6.45, 7) is 25.5. The van der Waals surface area contributed by atoms with Gasteiger partial charge in [0.05, 0.1) is 33.0 Å². The molecule has 2 saturated heterocycles. The number of ether oxygens (including phenoxy) is 4. The van der Waals surface area contributed by atoms with Crippen molar-refractivity contribution in [2.75, 3.05) is 77.7 Å². The number of amides is 3. The summed E-state index contributed by atoms with van der Waals surface area (Å²) in [6, 6.07) is 7.85. The molecule has 2 fully saturated rings. The maximum atomic E-state index is 12.9. The topological polar surface area (TPSA) is 299 Å². The van der Waals surface area contributed by atoms with Crippen LogP contribution in [-0.4, -0.2) is 178 Å². The third kappa shape index (κ3) is 20.6. The Kier molecular flexibility index (Phi) is 31.6. The molecular weight excluding hydrogens is 1170 g/mol. The number of alkyl halides is 1. The zero-order chi connectivity index (χ0) is 60.2. The minimum atomic E-state index is -1.07. The van der Waals surface area contributed by atoms with E-state index in [1.807, 2.05) is 27.7 Å². The maximum Gasteiger partial charge on any atom is 0.492 e. The Morgan fingerprint density at radius 1 is 0.583 bits per heavy atom. The molecular formula is C57H86B3BrClN5O17. The van der Waals surface area contributed by atoms with Gasteiger partial charge in [0.2, 0.25) is 0 Å². The number of esters is 2. The normalized spacial score (nSPS) is 16.4. The number of aliphatic carboxylic acids is 1. The molecule has 5 aliphatic heterocycles. The van der Waals surface area contributed by atoms with Gasteiger partial charge in [0.25, 0.3) is 17.7 Å². The molecule has 0 saturated carbocycles. The Morgan fingerprint density at radius 3 is 1.38 bits per heavy atom. The zero-order valence-corrected chi connectivity index (χ0v) is 51.4. The summed E-state index contributed by atoms with van der Waals surface area (Å²) < 4.78 is 36.7. The van der Waals surface area contributed by atoms with Crippen LogP contribution in [0.3, 0.4) is 0 Å². The second-order valence-corrected chi connectivity index (χ2v) is 22.2. The lowest BCUT2D eigenvalue weighted by atomic mass is 9.75. The Hall–Kier alpha value is -4.96. The standard InChI is InChI=1S/C21H31BN2O6.C16H21BBrNO5.C14H18BNO5.C5H11NO.CH4.ClH/c1-14(2)19(21(26)29-12-9-24-7-4-10-28-11-8-24)23-20(25)17-6-5-16-13-30-22(27)18(16)15(17)3;1-9(2)14(16(21)23-7-6-18)19-15(20)12-5-4-11-8-24-17(22)13(11)10(12)3;1-7(2)12(14(18)19)16-13(17)10-5-4-9-6-21-15(20)11(9)8(10)3;1-2-6-3-5-7-4-1;;/h5-6,14,19,27H,4,7-13H2,1-3H3,(H,23,25);4-5,9,14,22H,6-8H2,1-3H3,(H,19,20);4-5,7,12,20H,6H2,1-3H3,(H,16,17)(H,18,19);6H,1-5H2;1H4;1H/t19-;14-;12-;;;/m000.../s1. The molecule has 27 heteroatoms. The van der Waals surface area contributed by atoms with Crippen LogP contribution in [0, 0.1) is 38.5 Å². The Labute approximate surface area is 509 Å². The van der Waals surface area contributed by atoms with Gasteiger partial charge in [0, 0.05) is 61.4 Å². The first-order chi connectivity index (χ1) is 39.1. The van der Waals surface area contributed by atoms with Gasteiger partial charge < -0.3 is 74.4 Å². The van der Waals surface area contributed by atoms with Gasteiger partial charge in [0.1, 0.15) is 31.3 Å². The Bertz CT molecular complexity index is 2650. The SMILES string of the molecule is C.C1CNCCOC1.Cc1c(C(=O)N[C@H](C(=O)O)C(C)C)ccc2c1B(O)OC2.Cc1c(C(=O)N[C@H](C(=O)OCCBr)C(C)C)ccc2c1B(O)OC2.Cc1c(C(=O)N[C@H](C(=O)OCCN2CCCOCC2)C(C)C)ccc2c1B(O)OC2.Cl. The number of nitrogens with one attached hydrogen (secondary N) is 4. The molecule has 5 heterocycles. The minimum absolute atomic E-state index is 0. The third-order valence-electron chi connectivity index (χ3n) is 14.5. The van der Waals surface area contributed by atoms with E-state index in [9.17, 15) is 43.8 Å². The molecule has 5 aliphatic rings. The summed E-state index contributed by atoms with van der Waals surface area (Å²) in [5, 5.41) is 50.6. The van der Waals surface area contributed by atoms with Crippen molar-refractivity contribution in [3.8, 4) is 0 Å². The third-order valence-corrected chi connectivity index (χ3v) is 14.8. The minimum Gasteiger partial charge on any atom is -0.480 e. The zero-order valence-electron chi connectivity index (χ0n) is 49.0. The van der Waals surface area contributed by atoms with Crippen molar-refractivity contribution in [1.29, 1.82) is 0 Å². The van der Waals surface area contributed by atoms with E-state index in [1.165, 1.54) is 6.42 Å². The molecule has 0 radical (unpaired) electrons. The average molecular weight is 1260 g/mol. The Balaban J connectivity index is 0.000000312. The van der Waals surface area contributed by atoms with Crippen LogP contribution in [0.4, 0.5) is 0 Å². The highest BCUT2D eigenvalue weighted by Gasteiger charge is 2.36. The number of hydrogen-bond donors (Lipinski definition) is 8.